The molecule has 3 rings (SSSR count). The summed E-state index contributed by atoms with van der Waals surface area (Å²) < 4.78 is 22.9. The topological polar surface area (TPSA) is 105 Å². The molecule has 3 saturated carbocycles. The Kier molecular flexibility index (Phi) is 14.3. The highest BCUT2D eigenvalue weighted by Crippen LogP contribution is 2.36. The van der Waals surface area contributed by atoms with E-state index in [1.807, 2.05) is 0 Å². The van der Waals surface area contributed by atoms with Gasteiger partial charge in [-0.3, -0.25) is 9.59 Å². The van der Waals surface area contributed by atoms with Crippen molar-refractivity contribution in [3.8, 4) is 0 Å². The quantitative estimate of drug-likeness (QED) is 0.0535. The molecule has 0 aromatic heterocycles. The van der Waals surface area contributed by atoms with Crippen molar-refractivity contribution in [1.29, 1.82) is 0 Å². The molecule has 0 atom stereocenters. The summed E-state index contributed by atoms with van der Waals surface area (Å²) in [5.74, 6) is -1.31. The SMILES string of the molecule is C=C=C=C=C=C(OC(=O)C=O)C1CCC(OC(=O)C2CCC(OC3CCC(C(=C=C=C=C=C)OC(=O)C(=C)C)CC3)CC2)CC1. The van der Waals surface area contributed by atoms with Crippen LogP contribution in [0.4, 0.5) is 0 Å². The molecule has 3 aliphatic carbocycles. The molecule has 3 fully saturated rings. The van der Waals surface area contributed by atoms with Gasteiger partial charge in [0, 0.05) is 17.4 Å². The van der Waals surface area contributed by atoms with Crippen LogP contribution in [-0.4, -0.2) is 42.5 Å². The van der Waals surface area contributed by atoms with Crippen molar-refractivity contribution in [1.82, 2.24) is 0 Å². The number of hydrogen-bond donors (Lipinski definition) is 0. The van der Waals surface area contributed by atoms with E-state index in [2.05, 4.69) is 65.6 Å². The molecule has 0 unspecified atom stereocenters. The molecule has 0 radical (unpaired) electrons. The molecule has 0 bridgehead atoms. The lowest BCUT2D eigenvalue weighted by molar-refractivity contribution is -0.158. The minimum absolute atomic E-state index is 0.0181. The third kappa shape index (κ3) is 11.5. The van der Waals surface area contributed by atoms with Crippen molar-refractivity contribution in [3.05, 3.63) is 82.7 Å². The fraction of sp³-hybridized carbons (Fsp3) is 0.514. The number of aldehydes is 1. The second-order valence-corrected chi connectivity index (χ2v) is 11.5. The Morgan fingerprint density at radius 2 is 1.09 bits per heavy atom. The molecule has 236 valence electrons. The van der Waals surface area contributed by atoms with E-state index in [1.165, 1.54) is 0 Å². The molecule has 0 saturated heterocycles. The molecule has 0 aromatic carbocycles. The predicted octanol–water partition coefficient (Wildman–Crippen LogP) is 6.35. The van der Waals surface area contributed by atoms with Crippen LogP contribution in [0, 0.1) is 17.8 Å². The van der Waals surface area contributed by atoms with Crippen molar-refractivity contribution in [2.75, 3.05) is 0 Å². The Hall–Kier alpha value is -4.50. The molecule has 0 aromatic rings. The van der Waals surface area contributed by atoms with Gasteiger partial charge < -0.3 is 18.9 Å². The average molecular weight is 613 g/mol. The molecular formula is C37H40O8. The Balaban J connectivity index is 1.43. The number of rotatable bonds is 10. The summed E-state index contributed by atoms with van der Waals surface area (Å²) in [6.45, 7) is 12.1. The van der Waals surface area contributed by atoms with Crippen LogP contribution >= 0.6 is 0 Å². The fourth-order valence-electron chi connectivity index (χ4n) is 5.89. The zero-order valence-corrected chi connectivity index (χ0v) is 25.9. The summed E-state index contributed by atoms with van der Waals surface area (Å²) in [6, 6.07) is 0. The number of ether oxygens (including phenoxy) is 4. The molecule has 8 heteroatoms. The zero-order chi connectivity index (χ0) is 32.6. The van der Waals surface area contributed by atoms with E-state index in [9.17, 15) is 19.2 Å². The van der Waals surface area contributed by atoms with E-state index in [-0.39, 0.29) is 54.1 Å². The molecule has 0 heterocycles. The molecule has 3 aliphatic rings. The second kappa shape index (κ2) is 18.3. The fourth-order valence-corrected chi connectivity index (χ4v) is 5.89. The monoisotopic (exact) mass is 612 g/mol. The van der Waals surface area contributed by atoms with Gasteiger partial charge in [-0.1, -0.05) is 18.0 Å². The van der Waals surface area contributed by atoms with Crippen LogP contribution in [0.3, 0.4) is 0 Å². The lowest BCUT2D eigenvalue weighted by atomic mass is 9.84. The summed E-state index contributed by atoms with van der Waals surface area (Å²) in [5.41, 5.74) is 21.2. The maximum absolute atomic E-state index is 13.0. The lowest BCUT2D eigenvalue weighted by Gasteiger charge is -2.35. The van der Waals surface area contributed by atoms with Gasteiger partial charge in [0.2, 0.25) is 6.29 Å². The number of hydrogen-bond acceptors (Lipinski definition) is 8. The first-order valence-electron chi connectivity index (χ1n) is 15.4. The standard InChI is InChI=1S/C37H40O8/c1-5-7-9-11-33(44-35(39)25-38)27-15-21-32(22-16-27)43-37(41)29-17-23-31(24-18-29)42-30-19-13-28(14-20-30)34(12-10-8-6-2)45-36(40)26(3)4/h25,27-32H,1-3,13-24H2,4H3. The van der Waals surface area contributed by atoms with Crippen LogP contribution < -0.4 is 0 Å². The summed E-state index contributed by atoms with van der Waals surface area (Å²) in [5, 5.41) is 0. The van der Waals surface area contributed by atoms with Crippen LogP contribution in [0.5, 0.6) is 0 Å². The summed E-state index contributed by atoms with van der Waals surface area (Å²) >= 11 is 0. The van der Waals surface area contributed by atoms with Crippen LogP contribution in [0.2, 0.25) is 0 Å². The van der Waals surface area contributed by atoms with E-state index in [1.54, 1.807) is 6.92 Å². The third-order valence-corrected chi connectivity index (χ3v) is 8.30. The highest BCUT2D eigenvalue weighted by molar-refractivity contribution is 6.20. The van der Waals surface area contributed by atoms with Crippen LogP contribution in [0.25, 0.3) is 0 Å². The lowest BCUT2D eigenvalue weighted by Crippen LogP contribution is -2.34. The summed E-state index contributed by atoms with van der Waals surface area (Å²) in [6.07, 6.45) is 8.81. The van der Waals surface area contributed by atoms with Crippen molar-refractivity contribution in [2.45, 2.75) is 102 Å². The molecule has 0 amide bonds. The summed E-state index contributed by atoms with van der Waals surface area (Å²) in [7, 11) is 0. The Bertz CT molecular complexity index is 1460. The van der Waals surface area contributed by atoms with E-state index in [0.717, 1.165) is 38.5 Å². The van der Waals surface area contributed by atoms with Gasteiger partial charge in [-0.2, -0.15) is 0 Å². The molecule has 0 N–H and O–H groups in total. The maximum atomic E-state index is 13.0. The normalized spacial score (nSPS) is 25.3. The van der Waals surface area contributed by atoms with E-state index < -0.39 is 11.9 Å². The first-order chi connectivity index (χ1) is 21.7. The molecule has 0 aliphatic heterocycles. The number of allylic oxidation sites excluding steroid dienone is 2. The van der Waals surface area contributed by atoms with Gasteiger partial charge in [0.1, 0.15) is 6.10 Å². The van der Waals surface area contributed by atoms with Gasteiger partial charge in [0.25, 0.3) is 0 Å². The van der Waals surface area contributed by atoms with E-state index >= 15 is 0 Å². The average Bonchev–Trinajstić information content (AvgIpc) is 3.05. The van der Waals surface area contributed by atoms with Gasteiger partial charge >= 0.3 is 17.9 Å². The van der Waals surface area contributed by atoms with Crippen molar-refractivity contribution in [3.63, 3.8) is 0 Å². The van der Waals surface area contributed by atoms with Crippen molar-refractivity contribution < 1.29 is 38.1 Å². The Morgan fingerprint density at radius 1 is 0.644 bits per heavy atom. The number of esters is 3. The predicted molar refractivity (Wildman–Crippen MR) is 164 cm³/mol. The third-order valence-electron chi connectivity index (χ3n) is 8.30. The van der Waals surface area contributed by atoms with Gasteiger partial charge in [0.05, 0.1) is 18.1 Å². The van der Waals surface area contributed by atoms with Crippen LogP contribution in [0.1, 0.15) is 84.0 Å². The smallest absolute Gasteiger partial charge is 0.377 e. The maximum Gasteiger partial charge on any atom is 0.377 e. The molecular weight excluding hydrogens is 572 g/mol. The van der Waals surface area contributed by atoms with Crippen LogP contribution in [-0.2, 0) is 38.1 Å². The van der Waals surface area contributed by atoms with Gasteiger partial charge in [-0.05, 0) is 132 Å². The highest BCUT2D eigenvalue weighted by Gasteiger charge is 2.34. The first kappa shape index (κ1) is 35.0. The number of carbonyl (C=O) groups is 4. The molecule has 8 nitrogen and oxygen atoms in total. The molecule has 45 heavy (non-hydrogen) atoms. The minimum atomic E-state index is -1.00. The van der Waals surface area contributed by atoms with Crippen molar-refractivity contribution >= 4 is 24.2 Å². The largest absolute Gasteiger partial charge is 0.462 e. The first-order valence-corrected chi connectivity index (χ1v) is 15.4. The molecule has 0 spiro atoms. The zero-order valence-electron chi connectivity index (χ0n) is 25.9. The summed E-state index contributed by atoms with van der Waals surface area (Å²) in [4.78, 5) is 47.3. The van der Waals surface area contributed by atoms with E-state index in [4.69, 9.17) is 18.9 Å². The second-order valence-electron chi connectivity index (χ2n) is 11.5. The highest BCUT2D eigenvalue weighted by atomic mass is 16.6. The van der Waals surface area contributed by atoms with Gasteiger partial charge in [-0.15, -0.1) is 0 Å². The van der Waals surface area contributed by atoms with E-state index in [0.29, 0.717) is 49.9 Å². The number of carbonyl (C=O) groups excluding carboxylic acids is 4. The Morgan fingerprint density at radius 3 is 1.53 bits per heavy atom. The minimum Gasteiger partial charge on any atom is -0.462 e. The van der Waals surface area contributed by atoms with Crippen molar-refractivity contribution in [2.24, 2.45) is 17.8 Å². The van der Waals surface area contributed by atoms with Gasteiger partial charge in [-0.25, -0.2) is 9.59 Å². The van der Waals surface area contributed by atoms with Crippen LogP contribution in [0.15, 0.2) is 82.7 Å². The Labute approximate surface area is 264 Å². The van der Waals surface area contributed by atoms with Gasteiger partial charge in [0.15, 0.2) is 11.5 Å².